The highest BCUT2D eigenvalue weighted by Crippen LogP contribution is 2.44. The van der Waals surface area contributed by atoms with E-state index >= 15 is 0 Å². The molecule has 61 heavy (non-hydrogen) atoms. The number of nitrogens with zero attached hydrogens (tertiary/aromatic N) is 4. The molecular weight excluding hydrogens is 749 g/mol. The third kappa shape index (κ3) is 5.19. The average Bonchev–Trinajstić information content (AvgIpc) is 4.00. The van der Waals surface area contributed by atoms with Crippen LogP contribution in [-0.2, 0) is 0 Å². The van der Waals surface area contributed by atoms with Gasteiger partial charge in [-0.2, -0.15) is 0 Å². The van der Waals surface area contributed by atoms with E-state index in [2.05, 4.69) is 156 Å². The van der Waals surface area contributed by atoms with Gasteiger partial charge in [0.25, 0.3) is 0 Å². The van der Waals surface area contributed by atoms with Gasteiger partial charge < -0.3 is 13.4 Å². The first-order valence-corrected chi connectivity index (χ1v) is 20.4. The Bertz CT molecular complexity index is 3900. The summed E-state index contributed by atoms with van der Waals surface area (Å²) in [4.78, 5) is 16.2. The van der Waals surface area contributed by atoms with Crippen LogP contribution in [0.2, 0.25) is 0 Å². The van der Waals surface area contributed by atoms with Crippen molar-refractivity contribution in [3.63, 3.8) is 0 Å². The van der Waals surface area contributed by atoms with E-state index in [1.807, 2.05) is 42.5 Å². The molecule has 6 heteroatoms. The molecule has 0 atom stereocenters. The Balaban J connectivity index is 1.16. The van der Waals surface area contributed by atoms with E-state index in [1.54, 1.807) is 0 Å². The average molecular weight is 781 g/mol. The second kappa shape index (κ2) is 13.1. The van der Waals surface area contributed by atoms with Crippen molar-refractivity contribution in [3.05, 3.63) is 194 Å². The molecule has 0 radical (unpaired) electrons. The molecule has 0 fully saturated rings. The summed E-state index contributed by atoms with van der Waals surface area (Å²) in [6.07, 6.45) is 0. The molecule has 4 aromatic heterocycles. The third-order valence-electron chi connectivity index (χ3n) is 12.0. The first-order valence-electron chi connectivity index (χ1n) is 20.4. The van der Waals surface area contributed by atoms with Gasteiger partial charge in [-0.3, -0.25) is 0 Å². The van der Waals surface area contributed by atoms with Gasteiger partial charge in [0, 0.05) is 37.9 Å². The van der Waals surface area contributed by atoms with Crippen LogP contribution in [0.15, 0.2) is 203 Å². The minimum atomic E-state index is 0.513. The number of aromatic nitrogens is 4. The lowest BCUT2D eigenvalue weighted by Crippen LogP contribution is -2.04. The molecule has 0 aliphatic heterocycles. The van der Waals surface area contributed by atoms with E-state index in [0.29, 0.717) is 17.5 Å². The lowest BCUT2D eigenvalue weighted by atomic mass is 10.0. The van der Waals surface area contributed by atoms with Crippen molar-refractivity contribution in [2.45, 2.75) is 0 Å². The summed E-state index contributed by atoms with van der Waals surface area (Å²) >= 11 is 0. The molecular formula is C55H32N4O2. The zero-order valence-corrected chi connectivity index (χ0v) is 32.6. The van der Waals surface area contributed by atoms with Gasteiger partial charge in [0.1, 0.15) is 22.3 Å². The first-order chi connectivity index (χ1) is 30.2. The molecule has 0 N–H and O–H groups in total. The highest BCUT2D eigenvalue weighted by Gasteiger charge is 2.25. The smallest absolute Gasteiger partial charge is 0.167 e. The van der Waals surface area contributed by atoms with Crippen LogP contribution in [0, 0.1) is 0 Å². The topological polar surface area (TPSA) is 69.9 Å². The number of hydrogen-bond acceptors (Lipinski definition) is 5. The molecule has 0 aliphatic carbocycles. The first kappa shape index (κ1) is 33.6. The van der Waals surface area contributed by atoms with Crippen LogP contribution in [0.3, 0.4) is 0 Å². The summed E-state index contributed by atoms with van der Waals surface area (Å²) in [5, 5.41) is 8.65. The summed E-state index contributed by atoms with van der Waals surface area (Å²) in [6.45, 7) is 0. The van der Waals surface area contributed by atoms with Crippen molar-refractivity contribution in [1.29, 1.82) is 0 Å². The van der Waals surface area contributed by atoms with Gasteiger partial charge in [-0.1, -0.05) is 140 Å². The standard InChI is InChI=1S/C55H32N4O2/c1-2-14-33(15-3-1)34-18-12-19-37(30-34)53-56-54(42-24-13-23-40-39-21-7-10-26-47(39)61-52(40)42)58-55(57-53)51-45(28-29-49-50(51)41-22-8-11-27-48(41)60-49)59-44-25-9-6-20-38(44)43-31-35-16-4-5-17-36(35)32-46(43)59/h1-32H. The molecule has 0 amide bonds. The molecule has 0 bridgehead atoms. The van der Waals surface area contributed by atoms with Gasteiger partial charge in [0.05, 0.1) is 27.8 Å². The monoisotopic (exact) mass is 780 g/mol. The quantitative estimate of drug-likeness (QED) is 0.174. The van der Waals surface area contributed by atoms with Crippen molar-refractivity contribution in [2.75, 3.05) is 0 Å². The fourth-order valence-electron chi connectivity index (χ4n) is 9.26. The van der Waals surface area contributed by atoms with Gasteiger partial charge in [-0.25, -0.2) is 15.0 Å². The van der Waals surface area contributed by atoms with Gasteiger partial charge >= 0.3 is 0 Å². The van der Waals surface area contributed by atoms with Crippen molar-refractivity contribution in [3.8, 4) is 51.0 Å². The largest absolute Gasteiger partial charge is 0.456 e. The molecule has 0 saturated heterocycles. The van der Waals surface area contributed by atoms with Gasteiger partial charge in [-0.15, -0.1) is 0 Å². The normalized spacial score (nSPS) is 11.9. The molecule has 0 aliphatic rings. The second-order valence-electron chi connectivity index (χ2n) is 15.5. The van der Waals surface area contributed by atoms with Crippen LogP contribution < -0.4 is 0 Å². The van der Waals surface area contributed by atoms with Crippen molar-refractivity contribution in [1.82, 2.24) is 19.5 Å². The van der Waals surface area contributed by atoms with E-state index in [4.69, 9.17) is 23.8 Å². The van der Waals surface area contributed by atoms with Gasteiger partial charge in [0.2, 0.25) is 0 Å². The molecule has 0 saturated carbocycles. The Morgan fingerprint density at radius 3 is 1.87 bits per heavy atom. The fourth-order valence-corrected chi connectivity index (χ4v) is 9.26. The molecule has 0 spiro atoms. The molecule has 284 valence electrons. The van der Waals surface area contributed by atoms with E-state index in [9.17, 15) is 0 Å². The summed E-state index contributed by atoms with van der Waals surface area (Å²) < 4.78 is 15.6. The fraction of sp³-hybridized carbons (Fsp3) is 0. The van der Waals surface area contributed by atoms with Crippen LogP contribution >= 0.6 is 0 Å². The molecule has 13 rings (SSSR count). The van der Waals surface area contributed by atoms with Crippen molar-refractivity contribution < 1.29 is 8.83 Å². The van der Waals surface area contributed by atoms with Crippen LogP contribution in [0.5, 0.6) is 0 Å². The lowest BCUT2D eigenvalue weighted by Gasteiger charge is -2.16. The Kier molecular flexibility index (Phi) is 7.21. The number of rotatable bonds is 5. The number of furan rings is 2. The molecule has 6 nitrogen and oxygen atoms in total. The lowest BCUT2D eigenvalue weighted by molar-refractivity contribution is 0.668. The minimum absolute atomic E-state index is 0.513. The van der Waals surface area contributed by atoms with E-state index in [0.717, 1.165) is 99.2 Å². The number of para-hydroxylation sites is 4. The maximum absolute atomic E-state index is 6.62. The summed E-state index contributed by atoms with van der Waals surface area (Å²) in [6, 6.07) is 67.4. The van der Waals surface area contributed by atoms with Gasteiger partial charge in [-0.05, 0) is 76.5 Å². The second-order valence-corrected chi connectivity index (χ2v) is 15.5. The third-order valence-corrected chi connectivity index (χ3v) is 12.0. The highest BCUT2D eigenvalue weighted by atomic mass is 16.3. The highest BCUT2D eigenvalue weighted by molar-refractivity contribution is 6.17. The Morgan fingerprint density at radius 2 is 1.00 bits per heavy atom. The van der Waals surface area contributed by atoms with Gasteiger partial charge in [0.15, 0.2) is 17.5 Å². The molecule has 13 aromatic rings. The predicted octanol–water partition coefficient (Wildman–Crippen LogP) is 14.6. The number of hydrogen-bond donors (Lipinski definition) is 0. The zero-order chi connectivity index (χ0) is 40.0. The summed E-state index contributed by atoms with van der Waals surface area (Å²) in [5.74, 6) is 1.59. The molecule has 9 aromatic carbocycles. The maximum atomic E-state index is 6.62. The summed E-state index contributed by atoms with van der Waals surface area (Å²) in [5.41, 5.74) is 10.9. The SMILES string of the molecule is c1ccc(-c2cccc(-c3nc(-c4cccc5c4oc4ccccc45)nc(-c4c(-n5c6ccccc6c6cc7ccccc7cc65)ccc5oc6ccccc6c45)n3)c2)cc1. The number of benzene rings is 9. The zero-order valence-electron chi connectivity index (χ0n) is 32.6. The Labute approximate surface area is 348 Å². The van der Waals surface area contributed by atoms with Crippen molar-refractivity contribution >= 4 is 76.5 Å². The van der Waals surface area contributed by atoms with E-state index in [-0.39, 0.29) is 0 Å². The van der Waals surface area contributed by atoms with Crippen molar-refractivity contribution in [2.24, 2.45) is 0 Å². The van der Waals surface area contributed by atoms with Crippen LogP contribution in [-0.4, -0.2) is 19.5 Å². The van der Waals surface area contributed by atoms with Crippen LogP contribution in [0.25, 0.3) is 127 Å². The summed E-state index contributed by atoms with van der Waals surface area (Å²) in [7, 11) is 0. The van der Waals surface area contributed by atoms with Crippen LogP contribution in [0.4, 0.5) is 0 Å². The minimum Gasteiger partial charge on any atom is -0.456 e. The predicted molar refractivity (Wildman–Crippen MR) is 248 cm³/mol. The van der Waals surface area contributed by atoms with E-state index in [1.165, 1.54) is 10.8 Å². The molecule has 4 heterocycles. The molecule has 0 unspecified atom stereocenters. The number of fused-ring (bicyclic) bond motifs is 10. The Hall–Kier alpha value is -8.35. The van der Waals surface area contributed by atoms with E-state index < -0.39 is 0 Å². The maximum Gasteiger partial charge on any atom is 0.167 e. The Morgan fingerprint density at radius 1 is 0.361 bits per heavy atom. The van der Waals surface area contributed by atoms with Crippen LogP contribution in [0.1, 0.15) is 0 Å².